The zero-order valence-corrected chi connectivity index (χ0v) is 15.0. The highest BCUT2D eigenvalue weighted by Crippen LogP contribution is 2.31. The van der Waals surface area contributed by atoms with E-state index in [4.69, 9.17) is 16.6 Å². The molecule has 0 saturated heterocycles. The fourth-order valence-electron chi connectivity index (χ4n) is 3.43. The Labute approximate surface area is 150 Å². The summed E-state index contributed by atoms with van der Waals surface area (Å²) in [5.41, 5.74) is 2.68. The maximum absolute atomic E-state index is 14.6. The van der Waals surface area contributed by atoms with Crippen LogP contribution in [0.5, 0.6) is 0 Å². The van der Waals surface area contributed by atoms with Gasteiger partial charge in [0.25, 0.3) is 0 Å². The number of aryl methyl sites for hydroxylation is 2. The lowest BCUT2D eigenvalue weighted by atomic mass is 9.99. The molecular weight excluding hydrogens is 339 g/mol. The molecule has 0 fully saturated rings. The molecule has 25 heavy (non-hydrogen) atoms. The molecule has 3 heterocycles. The van der Waals surface area contributed by atoms with E-state index in [0.717, 1.165) is 30.5 Å². The smallest absolute Gasteiger partial charge is 0.199 e. The molecule has 3 aromatic rings. The van der Waals surface area contributed by atoms with Crippen molar-refractivity contribution in [2.24, 2.45) is 7.05 Å². The van der Waals surface area contributed by atoms with Gasteiger partial charge in [-0.3, -0.25) is 0 Å². The highest BCUT2D eigenvalue weighted by atomic mass is 32.1. The predicted octanol–water partition coefficient (Wildman–Crippen LogP) is 4.07. The molecule has 0 unspecified atom stereocenters. The van der Waals surface area contributed by atoms with Crippen molar-refractivity contribution >= 4 is 17.9 Å². The number of benzene rings is 1. The molecule has 5 nitrogen and oxygen atoms in total. The summed E-state index contributed by atoms with van der Waals surface area (Å²) in [4.78, 5) is 2.02. The monoisotopic (exact) mass is 358 g/mol. The van der Waals surface area contributed by atoms with Crippen LogP contribution < -0.4 is 4.90 Å². The van der Waals surface area contributed by atoms with E-state index < -0.39 is 0 Å². The fraction of sp³-hybridized carbons (Fsp3) is 0.333. The van der Waals surface area contributed by atoms with Gasteiger partial charge in [-0.05, 0) is 61.3 Å². The number of nitrogens with zero attached hydrogens (tertiary/aromatic N) is 4. The number of hydrogen-bond acceptors (Lipinski definition) is 4. The number of fused-ring (bicyclic) bond motifs is 1. The lowest BCUT2D eigenvalue weighted by Gasteiger charge is -2.31. The lowest BCUT2D eigenvalue weighted by molar-refractivity contribution is 0.523. The van der Waals surface area contributed by atoms with Gasteiger partial charge in [0.15, 0.2) is 16.4 Å². The molecule has 130 valence electrons. The average molecular weight is 358 g/mol. The summed E-state index contributed by atoms with van der Waals surface area (Å²) < 4.78 is 24.1. The number of furan rings is 1. The molecule has 0 radical (unpaired) electrons. The van der Waals surface area contributed by atoms with Crippen LogP contribution in [0, 0.1) is 17.5 Å². The van der Waals surface area contributed by atoms with Crippen LogP contribution in [-0.4, -0.2) is 20.9 Å². The zero-order chi connectivity index (χ0) is 17.6. The maximum Gasteiger partial charge on any atom is 0.199 e. The summed E-state index contributed by atoms with van der Waals surface area (Å²) in [6.45, 7) is 3.12. The van der Waals surface area contributed by atoms with Crippen molar-refractivity contribution in [3.05, 3.63) is 52.2 Å². The minimum Gasteiger partial charge on any atom is -0.461 e. The first kappa shape index (κ1) is 16.1. The maximum atomic E-state index is 14.6. The second-order valence-corrected chi connectivity index (χ2v) is 6.77. The molecule has 4 rings (SSSR count). The van der Waals surface area contributed by atoms with Gasteiger partial charge in [0, 0.05) is 13.6 Å². The van der Waals surface area contributed by atoms with E-state index in [-0.39, 0.29) is 5.82 Å². The minimum atomic E-state index is -0.177. The Morgan fingerprint density at radius 3 is 2.96 bits per heavy atom. The van der Waals surface area contributed by atoms with Gasteiger partial charge < -0.3 is 13.9 Å². The first-order valence-electron chi connectivity index (χ1n) is 8.26. The zero-order valence-electron chi connectivity index (χ0n) is 14.2. The third-order valence-electron chi connectivity index (χ3n) is 4.56. The highest BCUT2D eigenvalue weighted by Gasteiger charge is 2.23. The molecule has 0 amide bonds. The van der Waals surface area contributed by atoms with Gasteiger partial charge in [-0.2, -0.15) is 0 Å². The molecule has 0 spiro atoms. The Kier molecular flexibility index (Phi) is 3.95. The third-order valence-corrected chi connectivity index (χ3v) is 5.05. The standard InChI is InChI=1S/C18H19FN4OS/c1-12-9-13-5-3-7-22(16(13)14(19)10-12)11-23-18(25)21(2)17(20-23)15-6-4-8-24-15/h4,6,8-10H,3,5,7,11H2,1-2H3. The van der Waals surface area contributed by atoms with Crippen LogP contribution in [0.2, 0.25) is 0 Å². The summed E-state index contributed by atoms with van der Waals surface area (Å²) in [5.74, 6) is 1.15. The van der Waals surface area contributed by atoms with Crippen LogP contribution >= 0.6 is 12.2 Å². The second kappa shape index (κ2) is 6.15. The van der Waals surface area contributed by atoms with Crippen molar-refractivity contribution in [2.75, 3.05) is 11.4 Å². The summed E-state index contributed by atoms with van der Waals surface area (Å²) in [7, 11) is 1.86. The Bertz CT molecular complexity index is 974. The largest absolute Gasteiger partial charge is 0.461 e. The van der Waals surface area contributed by atoms with Gasteiger partial charge in [-0.25, -0.2) is 9.07 Å². The molecule has 1 aliphatic heterocycles. The molecule has 1 aliphatic rings. The second-order valence-electron chi connectivity index (χ2n) is 6.40. The lowest BCUT2D eigenvalue weighted by Crippen LogP contribution is -2.33. The number of hydrogen-bond donors (Lipinski definition) is 0. The van der Waals surface area contributed by atoms with Crippen molar-refractivity contribution in [3.63, 3.8) is 0 Å². The number of rotatable bonds is 3. The minimum absolute atomic E-state index is 0.177. The summed E-state index contributed by atoms with van der Waals surface area (Å²) in [5, 5.41) is 4.58. The van der Waals surface area contributed by atoms with Crippen molar-refractivity contribution in [1.82, 2.24) is 14.3 Å². The average Bonchev–Trinajstić information content (AvgIpc) is 3.18. The van der Waals surface area contributed by atoms with E-state index in [2.05, 4.69) is 11.2 Å². The summed E-state index contributed by atoms with van der Waals surface area (Å²) >= 11 is 5.51. The van der Waals surface area contributed by atoms with E-state index in [1.165, 1.54) is 0 Å². The van der Waals surface area contributed by atoms with Gasteiger partial charge in [0.2, 0.25) is 0 Å². The van der Waals surface area contributed by atoms with E-state index in [0.29, 0.717) is 28.7 Å². The molecule has 1 aromatic carbocycles. The number of halogens is 1. The normalized spacial score (nSPS) is 14.0. The topological polar surface area (TPSA) is 39.1 Å². The van der Waals surface area contributed by atoms with Crippen LogP contribution in [0.4, 0.5) is 10.1 Å². The Morgan fingerprint density at radius 1 is 1.36 bits per heavy atom. The van der Waals surface area contributed by atoms with Gasteiger partial charge in [-0.15, -0.1) is 5.10 Å². The van der Waals surface area contributed by atoms with Crippen LogP contribution in [0.3, 0.4) is 0 Å². The van der Waals surface area contributed by atoms with E-state index in [1.807, 2.05) is 35.6 Å². The molecule has 0 atom stereocenters. The van der Waals surface area contributed by atoms with Gasteiger partial charge in [0.1, 0.15) is 12.5 Å². The van der Waals surface area contributed by atoms with Gasteiger partial charge >= 0.3 is 0 Å². The van der Waals surface area contributed by atoms with E-state index in [1.54, 1.807) is 17.0 Å². The van der Waals surface area contributed by atoms with Gasteiger partial charge in [-0.1, -0.05) is 6.07 Å². The number of anilines is 1. The quantitative estimate of drug-likeness (QED) is 0.662. The SMILES string of the molecule is Cc1cc(F)c2c(c1)CCCN2Cn1nc(-c2ccco2)n(C)c1=S. The molecule has 0 N–H and O–H groups in total. The fourth-order valence-corrected chi connectivity index (χ4v) is 3.61. The molecular formula is C18H19FN4OS. The third kappa shape index (κ3) is 2.78. The van der Waals surface area contributed by atoms with Crippen LogP contribution in [-0.2, 0) is 20.1 Å². The highest BCUT2D eigenvalue weighted by molar-refractivity contribution is 7.71. The van der Waals surface area contributed by atoms with Crippen molar-refractivity contribution < 1.29 is 8.81 Å². The summed E-state index contributed by atoms with van der Waals surface area (Å²) in [6, 6.07) is 7.32. The van der Waals surface area contributed by atoms with Crippen LogP contribution in [0.1, 0.15) is 17.5 Å². The van der Waals surface area contributed by atoms with Gasteiger partial charge in [0.05, 0.1) is 12.0 Å². The Morgan fingerprint density at radius 2 is 2.20 bits per heavy atom. The van der Waals surface area contributed by atoms with E-state index in [9.17, 15) is 4.39 Å². The van der Waals surface area contributed by atoms with Crippen LogP contribution in [0.15, 0.2) is 34.9 Å². The molecule has 2 aromatic heterocycles. The number of aromatic nitrogens is 3. The van der Waals surface area contributed by atoms with Crippen molar-refractivity contribution in [3.8, 4) is 11.6 Å². The van der Waals surface area contributed by atoms with Crippen LogP contribution in [0.25, 0.3) is 11.6 Å². The molecule has 0 aliphatic carbocycles. The Balaban J connectivity index is 1.71. The predicted molar refractivity (Wildman–Crippen MR) is 96.5 cm³/mol. The molecule has 7 heteroatoms. The molecule has 0 bridgehead atoms. The van der Waals surface area contributed by atoms with Crippen molar-refractivity contribution in [1.29, 1.82) is 0 Å². The van der Waals surface area contributed by atoms with E-state index >= 15 is 0 Å². The summed E-state index contributed by atoms with van der Waals surface area (Å²) in [6.07, 6.45) is 3.49. The Hall–Kier alpha value is -2.41. The first-order chi connectivity index (χ1) is 12.0. The van der Waals surface area contributed by atoms with Crippen molar-refractivity contribution in [2.45, 2.75) is 26.4 Å². The molecule has 0 saturated carbocycles. The first-order valence-corrected chi connectivity index (χ1v) is 8.67.